The van der Waals surface area contributed by atoms with Crippen molar-refractivity contribution in [2.75, 3.05) is 6.54 Å². The molecule has 0 bridgehead atoms. The van der Waals surface area contributed by atoms with Crippen molar-refractivity contribution in [1.82, 2.24) is 4.90 Å². The fourth-order valence-electron chi connectivity index (χ4n) is 1.98. The molecular weight excluding hydrogens is 317 g/mol. The molecule has 2 unspecified atom stereocenters. The van der Waals surface area contributed by atoms with Gasteiger partial charge in [-0.05, 0) is 40.0 Å². The van der Waals surface area contributed by atoms with Crippen LogP contribution in [-0.2, 0) is 4.74 Å². The predicted molar refractivity (Wildman–Crippen MR) is 74.1 cm³/mol. The molecule has 2 atom stereocenters. The van der Waals surface area contributed by atoms with E-state index in [-0.39, 0.29) is 6.09 Å². The highest BCUT2D eigenvalue weighted by Gasteiger charge is 2.32. The number of nitrogens with zero attached hydrogens (tertiary/aromatic N) is 1. The molecule has 0 spiro atoms. The molecule has 0 aromatic rings. The van der Waals surface area contributed by atoms with Crippen molar-refractivity contribution in [3.05, 3.63) is 0 Å². The Morgan fingerprint density at radius 2 is 2.06 bits per heavy atom. The van der Waals surface area contributed by atoms with Gasteiger partial charge in [0.15, 0.2) is 0 Å². The van der Waals surface area contributed by atoms with Crippen LogP contribution in [0.5, 0.6) is 0 Å². The van der Waals surface area contributed by atoms with Gasteiger partial charge in [0.1, 0.15) is 5.60 Å². The second-order valence-electron chi connectivity index (χ2n) is 5.41. The third kappa shape index (κ3) is 4.11. The molecule has 0 saturated carbocycles. The molecule has 0 aliphatic carbocycles. The first-order valence-electron chi connectivity index (χ1n) is 5.95. The van der Waals surface area contributed by atoms with Crippen molar-refractivity contribution in [3.8, 4) is 0 Å². The summed E-state index contributed by atoms with van der Waals surface area (Å²) in [6.07, 6.45) is 3.26. The normalized spacial score (nSPS) is 24.1. The van der Waals surface area contributed by atoms with Gasteiger partial charge in [0.25, 0.3) is 0 Å². The highest BCUT2D eigenvalue weighted by molar-refractivity contribution is 14.1. The number of hydrogen-bond donors (Lipinski definition) is 0. The number of carbonyl (C=O) groups is 1. The summed E-state index contributed by atoms with van der Waals surface area (Å²) in [6, 6.07) is 0.337. The van der Waals surface area contributed by atoms with Gasteiger partial charge in [-0.25, -0.2) is 4.79 Å². The van der Waals surface area contributed by atoms with E-state index in [0.29, 0.717) is 9.97 Å². The molecular formula is C12H22INO2. The van der Waals surface area contributed by atoms with Crippen LogP contribution in [0.25, 0.3) is 0 Å². The first-order valence-corrected chi connectivity index (χ1v) is 7.19. The van der Waals surface area contributed by atoms with Crippen LogP contribution in [0, 0.1) is 0 Å². The van der Waals surface area contributed by atoms with Gasteiger partial charge in [0.05, 0.1) is 0 Å². The van der Waals surface area contributed by atoms with Crippen LogP contribution in [-0.4, -0.2) is 33.1 Å². The quantitative estimate of drug-likeness (QED) is 0.540. The van der Waals surface area contributed by atoms with Crippen LogP contribution in [0.3, 0.4) is 0 Å². The molecule has 1 saturated heterocycles. The van der Waals surface area contributed by atoms with E-state index >= 15 is 0 Å². The highest BCUT2D eigenvalue weighted by Crippen LogP contribution is 2.25. The lowest BCUT2D eigenvalue weighted by Gasteiger charge is -2.38. The molecule has 0 aromatic heterocycles. The van der Waals surface area contributed by atoms with Crippen molar-refractivity contribution in [1.29, 1.82) is 0 Å². The van der Waals surface area contributed by atoms with Crippen LogP contribution >= 0.6 is 22.6 Å². The average molecular weight is 339 g/mol. The van der Waals surface area contributed by atoms with Gasteiger partial charge in [-0.2, -0.15) is 0 Å². The number of carbonyl (C=O) groups excluding carboxylic acids is 1. The molecule has 16 heavy (non-hydrogen) atoms. The van der Waals surface area contributed by atoms with E-state index in [2.05, 4.69) is 29.5 Å². The number of likely N-dealkylation sites (tertiary alicyclic amines) is 1. The van der Waals surface area contributed by atoms with Crippen molar-refractivity contribution in [2.45, 2.75) is 62.5 Å². The van der Waals surface area contributed by atoms with Gasteiger partial charge in [-0.15, -0.1) is 0 Å². The molecule has 0 aromatic carbocycles. The van der Waals surface area contributed by atoms with E-state index < -0.39 is 5.60 Å². The van der Waals surface area contributed by atoms with Gasteiger partial charge in [0.2, 0.25) is 0 Å². The summed E-state index contributed by atoms with van der Waals surface area (Å²) in [5.74, 6) is 0. The Bertz CT molecular complexity index is 248. The van der Waals surface area contributed by atoms with Gasteiger partial charge >= 0.3 is 6.09 Å². The van der Waals surface area contributed by atoms with Crippen molar-refractivity contribution in [2.24, 2.45) is 0 Å². The van der Waals surface area contributed by atoms with Crippen LogP contribution in [0.1, 0.15) is 47.0 Å². The van der Waals surface area contributed by atoms with Crippen molar-refractivity contribution >= 4 is 28.7 Å². The summed E-state index contributed by atoms with van der Waals surface area (Å²) >= 11 is 2.40. The Morgan fingerprint density at radius 1 is 1.44 bits per heavy atom. The van der Waals surface area contributed by atoms with Crippen LogP contribution in [0.4, 0.5) is 4.79 Å². The Kier molecular flexibility index (Phi) is 4.88. The first kappa shape index (κ1) is 14.1. The number of amides is 1. The minimum Gasteiger partial charge on any atom is -0.444 e. The maximum absolute atomic E-state index is 12.0. The lowest BCUT2D eigenvalue weighted by Crippen LogP contribution is -2.49. The summed E-state index contributed by atoms with van der Waals surface area (Å²) in [5, 5.41) is 0. The van der Waals surface area contributed by atoms with Crippen molar-refractivity contribution in [3.63, 3.8) is 0 Å². The Labute approximate surface area is 112 Å². The number of rotatable bonds is 1. The Hall–Kier alpha value is 0. The average Bonchev–Trinajstić information content (AvgIpc) is 2.15. The zero-order chi connectivity index (χ0) is 12.3. The zero-order valence-corrected chi connectivity index (χ0v) is 12.8. The van der Waals surface area contributed by atoms with Crippen LogP contribution < -0.4 is 0 Å². The maximum Gasteiger partial charge on any atom is 0.410 e. The van der Waals surface area contributed by atoms with Gasteiger partial charge in [-0.1, -0.05) is 29.5 Å². The topological polar surface area (TPSA) is 29.5 Å². The summed E-state index contributed by atoms with van der Waals surface area (Å²) in [7, 11) is 0. The molecule has 0 radical (unpaired) electrons. The zero-order valence-electron chi connectivity index (χ0n) is 10.6. The number of piperidine rings is 1. The SMILES string of the molecule is CC(I)C1CCCCN1C(=O)OC(C)(C)C. The molecule has 1 amide bonds. The Morgan fingerprint density at radius 3 is 2.56 bits per heavy atom. The van der Waals surface area contributed by atoms with E-state index in [1.54, 1.807) is 0 Å². The van der Waals surface area contributed by atoms with Gasteiger partial charge in [0, 0.05) is 16.5 Å². The number of ether oxygens (including phenoxy) is 1. The van der Waals surface area contributed by atoms with Crippen LogP contribution in [0.15, 0.2) is 0 Å². The van der Waals surface area contributed by atoms with E-state index in [1.807, 2.05) is 25.7 Å². The fourth-order valence-corrected chi connectivity index (χ4v) is 2.73. The maximum atomic E-state index is 12.0. The number of halogens is 1. The summed E-state index contributed by atoms with van der Waals surface area (Å²) < 4.78 is 5.92. The smallest absolute Gasteiger partial charge is 0.410 e. The largest absolute Gasteiger partial charge is 0.444 e. The first-order chi connectivity index (χ1) is 7.31. The lowest BCUT2D eigenvalue weighted by molar-refractivity contribution is 0.0106. The Balaban J connectivity index is 2.64. The summed E-state index contributed by atoms with van der Waals surface area (Å²) in [5.41, 5.74) is -0.395. The third-order valence-corrected chi connectivity index (χ3v) is 3.54. The molecule has 1 aliphatic rings. The second kappa shape index (κ2) is 5.56. The molecule has 1 aliphatic heterocycles. The molecule has 1 fully saturated rings. The molecule has 0 N–H and O–H groups in total. The number of alkyl halides is 1. The lowest BCUT2D eigenvalue weighted by atomic mass is 10.0. The van der Waals surface area contributed by atoms with Crippen LogP contribution in [0.2, 0.25) is 0 Å². The van der Waals surface area contributed by atoms with Crippen molar-refractivity contribution < 1.29 is 9.53 Å². The minimum atomic E-state index is -0.395. The molecule has 1 rings (SSSR count). The van der Waals surface area contributed by atoms with E-state index in [4.69, 9.17) is 4.74 Å². The summed E-state index contributed by atoms with van der Waals surface area (Å²) in [6.45, 7) is 8.74. The predicted octanol–water partition coefficient (Wildman–Crippen LogP) is 3.60. The van der Waals surface area contributed by atoms with Gasteiger partial charge < -0.3 is 9.64 Å². The molecule has 3 nitrogen and oxygen atoms in total. The standard InChI is InChI=1S/C12H22INO2/c1-9(13)10-7-5-6-8-14(10)11(15)16-12(2,3)4/h9-10H,5-8H2,1-4H3. The number of hydrogen-bond acceptors (Lipinski definition) is 2. The minimum absolute atomic E-state index is 0.152. The monoisotopic (exact) mass is 339 g/mol. The second-order valence-corrected chi connectivity index (χ2v) is 7.38. The van der Waals surface area contributed by atoms with E-state index in [9.17, 15) is 4.79 Å². The third-order valence-electron chi connectivity index (χ3n) is 2.71. The molecule has 4 heteroatoms. The van der Waals surface area contributed by atoms with Gasteiger partial charge in [-0.3, -0.25) is 0 Å². The summed E-state index contributed by atoms with van der Waals surface area (Å²) in [4.78, 5) is 13.9. The molecule has 94 valence electrons. The van der Waals surface area contributed by atoms with E-state index in [0.717, 1.165) is 19.4 Å². The fraction of sp³-hybridized carbons (Fsp3) is 0.917. The molecule has 1 heterocycles. The highest BCUT2D eigenvalue weighted by atomic mass is 127. The van der Waals surface area contributed by atoms with E-state index in [1.165, 1.54) is 6.42 Å².